The van der Waals surface area contributed by atoms with Gasteiger partial charge in [-0.05, 0) is 13.3 Å². The first-order chi connectivity index (χ1) is 5.96. The van der Waals surface area contributed by atoms with Crippen molar-refractivity contribution < 1.29 is 8.42 Å². The molecule has 0 fully saturated rings. The Bertz CT molecular complexity index is 381. The van der Waals surface area contributed by atoms with E-state index in [1.807, 2.05) is 13.8 Å². The second-order valence-electron chi connectivity index (χ2n) is 3.15. The highest BCUT2D eigenvalue weighted by atomic mass is 32.2. The van der Waals surface area contributed by atoms with Crippen LogP contribution in [0.15, 0.2) is 17.6 Å². The molecule has 1 aromatic heterocycles. The van der Waals surface area contributed by atoms with Gasteiger partial charge in [-0.25, -0.2) is 13.4 Å². The molecule has 0 bridgehead atoms. The molecule has 1 aromatic rings. The van der Waals surface area contributed by atoms with E-state index in [4.69, 9.17) is 0 Å². The van der Waals surface area contributed by atoms with Crippen LogP contribution in [-0.2, 0) is 9.84 Å². The van der Waals surface area contributed by atoms with Gasteiger partial charge in [0.1, 0.15) is 0 Å². The van der Waals surface area contributed by atoms with Crippen LogP contribution in [0.1, 0.15) is 26.3 Å². The van der Waals surface area contributed by atoms with Crippen molar-refractivity contribution in [3.63, 3.8) is 0 Å². The summed E-state index contributed by atoms with van der Waals surface area (Å²) in [6.07, 6.45) is 5.28. The van der Waals surface area contributed by atoms with E-state index < -0.39 is 9.84 Å². The third-order valence-corrected chi connectivity index (χ3v) is 3.01. The number of sulfone groups is 1. The van der Waals surface area contributed by atoms with E-state index in [2.05, 4.69) is 4.98 Å². The van der Waals surface area contributed by atoms with Gasteiger partial charge in [0.2, 0.25) is 15.0 Å². The molecule has 0 aliphatic carbocycles. The lowest BCUT2D eigenvalue weighted by atomic mass is 10.3. The minimum Gasteiger partial charge on any atom is -0.319 e. The number of hydrogen-bond donors (Lipinski definition) is 0. The molecule has 5 heteroatoms. The third-order valence-electron chi connectivity index (χ3n) is 2.03. The normalized spacial score (nSPS) is 14.4. The monoisotopic (exact) mass is 202 g/mol. The highest BCUT2D eigenvalue weighted by molar-refractivity contribution is 7.90. The summed E-state index contributed by atoms with van der Waals surface area (Å²) in [5.74, 6) is 0. The van der Waals surface area contributed by atoms with Crippen molar-refractivity contribution in [3.05, 3.63) is 12.4 Å². The molecule has 0 aromatic carbocycles. The average Bonchev–Trinajstić information content (AvgIpc) is 2.49. The highest BCUT2D eigenvalue weighted by Gasteiger charge is 2.16. The molecular formula is C8H14N2O2S. The van der Waals surface area contributed by atoms with Crippen LogP contribution in [0.25, 0.3) is 0 Å². The largest absolute Gasteiger partial charge is 0.319 e. The van der Waals surface area contributed by atoms with Gasteiger partial charge in [-0.1, -0.05) is 6.92 Å². The minimum atomic E-state index is -3.19. The van der Waals surface area contributed by atoms with Crippen molar-refractivity contribution in [2.75, 3.05) is 6.26 Å². The first-order valence-electron chi connectivity index (χ1n) is 4.19. The van der Waals surface area contributed by atoms with Crippen LogP contribution < -0.4 is 0 Å². The molecule has 0 saturated carbocycles. The SMILES string of the molecule is CCC(C)n1ccnc1S(C)(=O)=O. The quantitative estimate of drug-likeness (QED) is 0.741. The number of aromatic nitrogens is 2. The number of rotatable bonds is 3. The standard InChI is InChI=1S/C8H14N2O2S/c1-4-7(2)10-6-5-9-8(10)13(3,11)12/h5-7H,4H2,1-3H3. The molecule has 1 atom stereocenters. The van der Waals surface area contributed by atoms with Gasteiger partial charge in [-0.3, -0.25) is 0 Å². The van der Waals surface area contributed by atoms with Crippen LogP contribution in [0.2, 0.25) is 0 Å². The second kappa shape index (κ2) is 3.49. The molecule has 0 spiro atoms. The van der Waals surface area contributed by atoms with Crippen LogP contribution in [0.5, 0.6) is 0 Å². The van der Waals surface area contributed by atoms with E-state index in [0.717, 1.165) is 6.42 Å². The summed E-state index contributed by atoms with van der Waals surface area (Å²) >= 11 is 0. The van der Waals surface area contributed by atoms with E-state index in [-0.39, 0.29) is 11.2 Å². The Kier molecular flexibility index (Phi) is 2.75. The molecule has 0 N–H and O–H groups in total. The fraction of sp³-hybridized carbons (Fsp3) is 0.625. The Labute approximate surface area is 78.5 Å². The summed E-state index contributed by atoms with van der Waals surface area (Å²) in [5.41, 5.74) is 0. The molecule has 1 heterocycles. The Hall–Kier alpha value is -0.840. The first kappa shape index (κ1) is 10.2. The van der Waals surface area contributed by atoms with Gasteiger partial charge >= 0.3 is 0 Å². The van der Waals surface area contributed by atoms with Gasteiger partial charge in [0.25, 0.3) is 0 Å². The predicted octanol–water partition coefficient (Wildman–Crippen LogP) is 1.26. The van der Waals surface area contributed by atoms with Crippen LogP contribution in [0.3, 0.4) is 0 Å². The van der Waals surface area contributed by atoms with Gasteiger partial charge in [0, 0.05) is 24.7 Å². The smallest absolute Gasteiger partial charge is 0.227 e. The summed E-state index contributed by atoms with van der Waals surface area (Å²) in [6, 6.07) is 0.173. The second-order valence-corrected chi connectivity index (χ2v) is 5.06. The van der Waals surface area contributed by atoms with Crippen LogP contribution in [0.4, 0.5) is 0 Å². The van der Waals surface area contributed by atoms with Crippen molar-refractivity contribution in [1.82, 2.24) is 9.55 Å². The van der Waals surface area contributed by atoms with Gasteiger partial charge < -0.3 is 4.57 Å². The highest BCUT2D eigenvalue weighted by Crippen LogP contribution is 2.15. The Balaban J connectivity index is 3.18. The van der Waals surface area contributed by atoms with Crippen molar-refractivity contribution in [2.45, 2.75) is 31.5 Å². The number of imidazole rings is 1. The van der Waals surface area contributed by atoms with E-state index in [1.54, 1.807) is 10.8 Å². The zero-order valence-electron chi connectivity index (χ0n) is 8.06. The van der Waals surface area contributed by atoms with E-state index >= 15 is 0 Å². The molecule has 74 valence electrons. The molecule has 13 heavy (non-hydrogen) atoms. The van der Waals surface area contributed by atoms with Crippen LogP contribution in [0, 0.1) is 0 Å². The molecule has 1 rings (SSSR count). The maximum absolute atomic E-state index is 11.3. The Morgan fingerprint density at radius 1 is 1.62 bits per heavy atom. The molecule has 0 radical (unpaired) electrons. The average molecular weight is 202 g/mol. The summed E-state index contributed by atoms with van der Waals surface area (Å²) in [4.78, 5) is 3.83. The molecular weight excluding hydrogens is 188 g/mol. The fourth-order valence-electron chi connectivity index (χ4n) is 1.12. The van der Waals surface area contributed by atoms with E-state index in [0.29, 0.717) is 0 Å². The maximum atomic E-state index is 11.3. The molecule has 0 aliphatic rings. The lowest BCUT2D eigenvalue weighted by molar-refractivity contribution is 0.479. The van der Waals surface area contributed by atoms with Gasteiger partial charge in [-0.15, -0.1) is 0 Å². The summed E-state index contributed by atoms with van der Waals surface area (Å²) in [7, 11) is -3.19. The molecule has 0 amide bonds. The molecule has 1 unspecified atom stereocenters. The number of nitrogens with zero attached hydrogens (tertiary/aromatic N) is 2. The van der Waals surface area contributed by atoms with Gasteiger partial charge in [-0.2, -0.15) is 0 Å². The molecule has 4 nitrogen and oxygen atoms in total. The topological polar surface area (TPSA) is 52.0 Å². The van der Waals surface area contributed by atoms with Crippen LogP contribution in [-0.4, -0.2) is 24.2 Å². The zero-order chi connectivity index (χ0) is 10.1. The van der Waals surface area contributed by atoms with Crippen molar-refractivity contribution in [3.8, 4) is 0 Å². The molecule has 0 aliphatic heterocycles. The van der Waals surface area contributed by atoms with Crippen LogP contribution >= 0.6 is 0 Å². The lowest BCUT2D eigenvalue weighted by Gasteiger charge is -2.12. The summed E-state index contributed by atoms with van der Waals surface area (Å²) < 4.78 is 24.2. The van der Waals surface area contributed by atoms with E-state index in [9.17, 15) is 8.42 Å². The summed E-state index contributed by atoms with van der Waals surface area (Å²) in [5, 5.41) is 0.154. The van der Waals surface area contributed by atoms with Crippen molar-refractivity contribution >= 4 is 9.84 Å². The summed E-state index contributed by atoms with van der Waals surface area (Å²) in [6.45, 7) is 3.98. The Morgan fingerprint density at radius 2 is 2.23 bits per heavy atom. The Morgan fingerprint density at radius 3 is 2.69 bits per heavy atom. The van der Waals surface area contributed by atoms with E-state index in [1.165, 1.54) is 12.5 Å². The fourth-order valence-corrected chi connectivity index (χ4v) is 1.99. The minimum absolute atomic E-state index is 0.154. The van der Waals surface area contributed by atoms with Gasteiger partial charge in [0.05, 0.1) is 0 Å². The lowest BCUT2D eigenvalue weighted by Crippen LogP contribution is -2.11. The third kappa shape index (κ3) is 2.09. The number of hydrogen-bond acceptors (Lipinski definition) is 3. The molecule has 0 saturated heterocycles. The predicted molar refractivity (Wildman–Crippen MR) is 50.3 cm³/mol. The van der Waals surface area contributed by atoms with Crippen molar-refractivity contribution in [2.24, 2.45) is 0 Å². The zero-order valence-corrected chi connectivity index (χ0v) is 8.87. The van der Waals surface area contributed by atoms with Gasteiger partial charge in [0.15, 0.2) is 0 Å². The van der Waals surface area contributed by atoms with Crippen molar-refractivity contribution in [1.29, 1.82) is 0 Å². The maximum Gasteiger partial charge on any atom is 0.227 e. The first-order valence-corrected chi connectivity index (χ1v) is 6.08.